The number of carboxylic acid groups (broad SMARTS) is 2. The van der Waals surface area contributed by atoms with E-state index in [1.165, 1.54) is 5.54 Å². The highest BCUT2D eigenvalue weighted by molar-refractivity contribution is 6.25. The number of carboxylic acids is 2. The monoisotopic (exact) mass is 234 g/mol. The molecule has 0 heterocycles. The van der Waals surface area contributed by atoms with E-state index >= 15 is 0 Å². The van der Waals surface area contributed by atoms with E-state index in [1.54, 1.807) is 6.92 Å². The van der Waals surface area contributed by atoms with Crippen molar-refractivity contribution < 1.29 is 19.8 Å². The molecule has 0 aromatic rings. The van der Waals surface area contributed by atoms with Crippen LogP contribution in [0.25, 0.3) is 0 Å². The number of hydrogen-bond donors (Lipinski definition) is 2. The molecular formula is C10H15ClO4. The molecular weight excluding hydrogens is 220 g/mol. The van der Waals surface area contributed by atoms with Gasteiger partial charge in [0.25, 0.3) is 0 Å². The molecule has 0 aliphatic carbocycles. The van der Waals surface area contributed by atoms with Crippen molar-refractivity contribution >= 4 is 23.5 Å². The SMILES string of the molecule is C=C(CC)C(=O)O.C=CC(=O)O.C=CCl. The Hall–Kier alpha value is -1.55. The molecule has 0 spiro atoms. The minimum absolute atomic E-state index is 0.264. The summed E-state index contributed by atoms with van der Waals surface area (Å²) in [6, 6.07) is 0. The highest BCUT2D eigenvalue weighted by Gasteiger charge is 1.96. The Morgan fingerprint density at radius 2 is 1.60 bits per heavy atom. The molecule has 0 radical (unpaired) electrons. The molecule has 5 heteroatoms. The topological polar surface area (TPSA) is 74.6 Å². The van der Waals surface area contributed by atoms with Gasteiger partial charge in [0.05, 0.1) is 0 Å². The standard InChI is InChI=1S/C5H8O2.C3H4O2.C2H3Cl/c1-3-4(2)5(6)7;1-2-3(4)5;1-2-3/h2-3H2,1H3,(H,6,7);2H,1H2,(H,4,5);2H,1H2. The van der Waals surface area contributed by atoms with Gasteiger partial charge < -0.3 is 10.2 Å². The summed E-state index contributed by atoms with van der Waals surface area (Å²) >= 11 is 4.76. The summed E-state index contributed by atoms with van der Waals surface area (Å²) in [5.41, 5.74) is 1.49. The third kappa shape index (κ3) is 32.7. The lowest BCUT2D eigenvalue weighted by molar-refractivity contribution is -0.133. The van der Waals surface area contributed by atoms with E-state index in [0.29, 0.717) is 6.42 Å². The molecule has 86 valence electrons. The smallest absolute Gasteiger partial charge is 0.330 e. The normalized spacial score (nSPS) is 6.80. The van der Waals surface area contributed by atoms with Gasteiger partial charge in [-0.05, 0) is 12.0 Å². The summed E-state index contributed by atoms with van der Waals surface area (Å²) in [7, 11) is 0. The zero-order valence-corrected chi connectivity index (χ0v) is 9.33. The first kappa shape index (κ1) is 19.1. The zero-order chi connectivity index (χ0) is 12.9. The fraction of sp³-hybridized carbons (Fsp3) is 0.200. The minimum atomic E-state index is -0.981. The third-order valence-electron chi connectivity index (χ3n) is 0.904. The molecule has 0 unspecified atom stereocenters. The van der Waals surface area contributed by atoms with Gasteiger partial charge in [0.2, 0.25) is 0 Å². The predicted octanol–water partition coefficient (Wildman–Crippen LogP) is 2.66. The van der Waals surface area contributed by atoms with Crippen molar-refractivity contribution in [2.45, 2.75) is 13.3 Å². The van der Waals surface area contributed by atoms with Gasteiger partial charge in [-0.15, -0.1) is 0 Å². The van der Waals surface area contributed by atoms with Crippen LogP contribution in [0.2, 0.25) is 0 Å². The summed E-state index contributed by atoms with van der Waals surface area (Å²) in [5, 5.41) is 15.7. The molecule has 0 bridgehead atoms. The van der Waals surface area contributed by atoms with Crippen LogP contribution in [-0.2, 0) is 9.59 Å². The zero-order valence-electron chi connectivity index (χ0n) is 8.57. The number of rotatable bonds is 3. The Labute approximate surface area is 94.2 Å². The Kier molecular flexibility index (Phi) is 19.0. The van der Waals surface area contributed by atoms with Gasteiger partial charge in [-0.3, -0.25) is 0 Å². The van der Waals surface area contributed by atoms with Crippen LogP contribution in [0.1, 0.15) is 13.3 Å². The quantitative estimate of drug-likeness (QED) is 0.737. The van der Waals surface area contributed by atoms with Gasteiger partial charge in [0, 0.05) is 11.6 Å². The van der Waals surface area contributed by atoms with E-state index in [-0.39, 0.29) is 5.57 Å². The largest absolute Gasteiger partial charge is 0.478 e. The van der Waals surface area contributed by atoms with Crippen LogP contribution in [0, 0.1) is 0 Å². The minimum Gasteiger partial charge on any atom is -0.478 e. The first-order chi connectivity index (χ1) is 6.87. The first-order valence-electron chi connectivity index (χ1n) is 3.84. The van der Waals surface area contributed by atoms with Crippen LogP contribution < -0.4 is 0 Å². The molecule has 0 fully saturated rings. The Balaban J connectivity index is -0.000000158. The molecule has 0 saturated carbocycles. The highest BCUT2D eigenvalue weighted by Crippen LogP contribution is 1.93. The van der Waals surface area contributed by atoms with E-state index < -0.39 is 11.9 Å². The fourth-order valence-corrected chi connectivity index (χ4v) is 0.151. The van der Waals surface area contributed by atoms with E-state index in [9.17, 15) is 9.59 Å². The third-order valence-corrected chi connectivity index (χ3v) is 0.904. The molecule has 0 aliphatic rings. The van der Waals surface area contributed by atoms with E-state index in [2.05, 4.69) is 19.7 Å². The molecule has 0 rings (SSSR count). The highest BCUT2D eigenvalue weighted by atomic mass is 35.5. The van der Waals surface area contributed by atoms with Gasteiger partial charge >= 0.3 is 11.9 Å². The molecule has 0 saturated heterocycles. The number of carbonyl (C=O) groups is 2. The van der Waals surface area contributed by atoms with Crippen molar-refractivity contribution in [1.29, 1.82) is 0 Å². The molecule has 0 atom stereocenters. The van der Waals surface area contributed by atoms with Crippen LogP contribution in [0.4, 0.5) is 0 Å². The summed E-state index contributed by atoms with van der Waals surface area (Å²) in [4.78, 5) is 19.1. The lowest BCUT2D eigenvalue weighted by atomic mass is 10.2. The van der Waals surface area contributed by atoms with E-state index in [1.807, 2.05) is 0 Å². The maximum atomic E-state index is 9.83. The summed E-state index contributed by atoms with van der Waals surface area (Å²) < 4.78 is 0. The second-order valence-electron chi connectivity index (χ2n) is 1.96. The molecule has 0 aliphatic heterocycles. The Morgan fingerprint density at radius 1 is 1.33 bits per heavy atom. The van der Waals surface area contributed by atoms with Gasteiger partial charge in [-0.1, -0.05) is 38.3 Å². The summed E-state index contributed by atoms with van der Waals surface area (Å²) in [6.07, 6.45) is 1.36. The van der Waals surface area contributed by atoms with Crippen molar-refractivity contribution in [1.82, 2.24) is 0 Å². The second kappa shape index (κ2) is 14.9. The summed E-state index contributed by atoms with van der Waals surface area (Å²) in [5.74, 6) is -1.88. The number of halogens is 1. The predicted molar refractivity (Wildman–Crippen MR) is 60.9 cm³/mol. The Bertz CT molecular complexity index is 234. The average Bonchev–Trinajstić information content (AvgIpc) is 2.18. The van der Waals surface area contributed by atoms with E-state index in [4.69, 9.17) is 21.8 Å². The van der Waals surface area contributed by atoms with Gasteiger partial charge in [-0.2, -0.15) is 0 Å². The average molecular weight is 235 g/mol. The number of aliphatic carboxylic acids is 2. The van der Waals surface area contributed by atoms with Crippen molar-refractivity contribution in [3.05, 3.63) is 36.9 Å². The van der Waals surface area contributed by atoms with Crippen molar-refractivity contribution in [2.75, 3.05) is 0 Å². The van der Waals surface area contributed by atoms with Crippen LogP contribution in [0.3, 0.4) is 0 Å². The van der Waals surface area contributed by atoms with Gasteiger partial charge in [0.1, 0.15) is 0 Å². The summed E-state index contributed by atoms with van der Waals surface area (Å²) in [6.45, 7) is 11.1. The molecule has 0 amide bonds. The first-order valence-corrected chi connectivity index (χ1v) is 4.28. The molecule has 0 aromatic carbocycles. The Morgan fingerprint density at radius 3 is 1.60 bits per heavy atom. The molecule has 4 nitrogen and oxygen atoms in total. The van der Waals surface area contributed by atoms with Crippen molar-refractivity contribution in [2.24, 2.45) is 0 Å². The number of hydrogen-bond acceptors (Lipinski definition) is 2. The lowest BCUT2D eigenvalue weighted by Crippen LogP contribution is -1.95. The van der Waals surface area contributed by atoms with Crippen LogP contribution >= 0.6 is 11.6 Å². The molecule has 0 aromatic heterocycles. The maximum Gasteiger partial charge on any atom is 0.330 e. The fourth-order valence-electron chi connectivity index (χ4n) is 0.151. The van der Waals surface area contributed by atoms with Gasteiger partial charge in [-0.25, -0.2) is 9.59 Å². The van der Waals surface area contributed by atoms with E-state index in [0.717, 1.165) is 6.08 Å². The molecule has 2 N–H and O–H groups in total. The van der Waals surface area contributed by atoms with Crippen LogP contribution in [0.15, 0.2) is 36.9 Å². The van der Waals surface area contributed by atoms with Crippen molar-refractivity contribution in [3.63, 3.8) is 0 Å². The van der Waals surface area contributed by atoms with Crippen LogP contribution in [0.5, 0.6) is 0 Å². The lowest BCUT2D eigenvalue weighted by Gasteiger charge is -1.87. The molecule has 15 heavy (non-hydrogen) atoms. The maximum absolute atomic E-state index is 9.83. The van der Waals surface area contributed by atoms with Crippen molar-refractivity contribution in [3.8, 4) is 0 Å². The van der Waals surface area contributed by atoms with Gasteiger partial charge in [0.15, 0.2) is 0 Å². The van der Waals surface area contributed by atoms with Crippen LogP contribution in [-0.4, -0.2) is 22.2 Å². The second-order valence-corrected chi connectivity index (χ2v) is 2.27.